The van der Waals surface area contributed by atoms with Crippen LogP contribution < -0.4 is 11.5 Å². The average molecular weight is 744 g/mol. The Labute approximate surface area is 427 Å². The second kappa shape index (κ2) is 26.9. The van der Waals surface area contributed by atoms with E-state index in [0.29, 0.717) is 43.5 Å². The number of nitrogen functional groups attached to an aromatic ring is 2. The molecule has 45 heteroatoms. The molecule has 0 saturated heterocycles. The fourth-order valence-corrected chi connectivity index (χ4v) is 11.6. The molecule has 0 amide bonds. The van der Waals surface area contributed by atoms with Gasteiger partial charge in [-0.05, 0) is 60.1 Å². The maximum absolute atomic E-state index is 6.88. The van der Waals surface area contributed by atoms with Gasteiger partial charge in [0.05, 0.1) is 0 Å². The van der Waals surface area contributed by atoms with Gasteiger partial charge in [-0.15, -0.1) is 0 Å². The van der Waals surface area contributed by atoms with Crippen molar-refractivity contribution in [3.05, 3.63) is 59.2 Å². The summed E-state index contributed by atoms with van der Waals surface area (Å²) in [7, 11) is 146. The fraction of sp³-hybridized carbons (Fsp3) is 0.368. The van der Waals surface area contributed by atoms with Crippen molar-refractivity contribution in [2.45, 2.75) is 43.8 Å². The second-order valence-electron chi connectivity index (χ2n) is 18.7. The summed E-state index contributed by atoms with van der Waals surface area (Å²) in [4.78, 5) is 0. The molecule has 44 radical (unpaired) electrons. The van der Waals surface area contributed by atoms with Crippen LogP contribution in [0.3, 0.4) is 0 Å². The molecule has 4 N–H and O–H groups in total. The molecule has 0 aromatic heterocycles. The third-order valence-electron chi connectivity index (χ3n) is 14.1. The predicted octanol–water partition coefficient (Wildman–Crippen LogP) is -11.9. The van der Waals surface area contributed by atoms with Gasteiger partial charge in [-0.3, -0.25) is 0 Å². The molecule has 238 valence electrons. The third kappa shape index (κ3) is 15.4. The Morgan fingerprint density at radius 3 is 0.969 bits per heavy atom. The van der Waals surface area contributed by atoms with Gasteiger partial charge in [-0.2, -0.15) is 0 Å². The van der Waals surface area contributed by atoms with E-state index in [9.17, 15) is 0 Å². The van der Waals surface area contributed by atoms with Gasteiger partial charge >= 0.3 is 0 Å². The van der Waals surface area contributed by atoms with Crippen LogP contribution in [0, 0.1) is 0 Å². The molecule has 64 heavy (non-hydrogen) atoms. The van der Waals surface area contributed by atoms with Crippen molar-refractivity contribution in [3.8, 4) is 0 Å². The summed E-state index contributed by atoms with van der Waals surface area (Å²) in [6.07, 6.45) is -19.3. The minimum Gasteiger partial charge on any atom is -0.399 e. The first-order valence-corrected chi connectivity index (χ1v) is 22.1. The molecule has 0 spiro atoms. The molecule has 1 aliphatic carbocycles. The topological polar surface area (TPSA) is 52.0 Å². The lowest BCUT2D eigenvalue weighted by molar-refractivity contribution is 0.442. The Balaban J connectivity index is 2.46. The van der Waals surface area contributed by atoms with Crippen molar-refractivity contribution >= 4 is 316 Å². The highest BCUT2D eigenvalue weighted by Crippen LogP contribution is 2.42. The number of rotatable bonds is 24. The summed E-state index contributed by atoms with van der Waals surface area (Å²) in [5.41, 5.74) is 16.6. The molecule has 2 aromatic carbocycles. The number of nitrogens with two attached hydrogens (primary N) is 2. The van der Waals surface area contributed by atoms with E-state index in [1.807, 2.05) is 12.1 Å². The molecule has 0 bridgehead atoms. The van der Waals surface area contributed by atoms with Crippen molar-refractivity contribution in [1.82, 2.24) is 0 Å². The first-order chi connectivity index (χ1) is 29.7. The summed E-state index contributed by atoms with van der Waals surface area (Å²) in [6, 6.07) is 14.0. The molecule has 0 atom stereocenters. The maximum Gasteiger partial charge on any atom is 0.0491 e. The molecule has 1 fully saturated rings. The fourth-order valence-electron chi connectivity index (χ4n) is 11.6. The highest BCUT2D eigenvalue weighted by Gasteiger charge is 2.59. The Kier molecular flexibility index (Phi) is 24.8. The SMILES string of the molecule is [B]B([B])B(B([B])[B])B(B([B])[B])B(B(B(B([B])[B])B([B])[B])B(B([B])[B])B([B])[B])B(B(B(B([B])[B])B([B])[B])B(B([B])[B])B([B])[B])C1CCC(c2ccc(Cc3cc(N)cc(N)c3)cc2)CC1. The number of hydrogen-bond acceptors (Lipinski definition) is 2. The van der Waals surface area contributed by atoms with Gasteiger partial charge in [0.25, 0.3) is 0 Å². The lowest BCUT2D eigenvalue weighted by atomic mass is 8.29. The van der Waals surface area contributed by atoms with E-state index in [-0.39, 0.29) is 11.7 Å². The standard InChI is InChI=1S/C19H23B43N2/c20-43(21)56(44(22)23)54(57(45(24)25)46(26)27)42(17-7-5-16(6-8-17)15-3-1-13(2-4-15)9-14-10-18(63)12-19(64)11-14)55(61(53(40)41)58(47(28)29)48(30)31)62(59(49(32)33)50(34)35)60(51(36)37)52(38)39/h1-4,10-12,16-17H,5-9,63-64H2. The van der Waals surface area contributed by atoms with Crippen LogP contribution in [0.4, 0.5) is 11.4 Å². The minimum absolute atomic E-state index is 0.135. The number of hydrogen-bond donors (Lipinski definition) is 2. The minimum atomic E-state index is -1.27. The molecular weight excluding hydrogens is 721 g/mol. The largest absolute Gasteiger partial charge is 0.399 e. The van der Waals surface area contributed by atoms with Crippen molar-refractivity contribution in [1.29, 1.82) is 0 Å². The van der Waals surface area contributed by atoms with Crippen LogP contribution >= 0.6 is 0 Å². The van der Waals surface area contributed by atoms with Gasteiger partial charge in [0.15, 0.2) is 0 Å². The van der Waals surface area contributed by atoms with Crippen LogP contribution in [-0.2, 0) is 6.42 Å². The second-order valence-corrected chi connectivity index (χ2v) is 18.7. The summed E-state index contributed by atoms with van der Waals surface area (Å²) in [5, 5.41) is 0. The van der Waals surface area contributed by atoms with Crippen molar-refractivity contribution in [2.24, 2.45) is 0 Å². The Bertz CT molecular complexity index is 1550. The van der Waals surface area contributed by atoms with E-state index in [0.717, 1.165) is 16.7 Å². The van der Waals surface area contributed by atoms with E-state index in [1.54, 1.807) is 6.07 Å². The zero-order chi connectivity index (χ0) is 48.7. The molecule has 1 saturated carbocycles. The van der Waals surface area contributed by atoms with Crippen LogP contribution in [-0.4, -0.2) is 304 Å². The van der Waals surface area contributed by atoms with E-state index >= 15 is 0 Å². The Hall–Kier alpha value is 0.832. The monoisotopic (exact) mass is 753 g/mol. The molecule has 0 heterocycles. The summed E-state index contributed by atoms with van der Waals surface area (Å²) in [5.74, 6) is -0.185. The molecule has 2 nitrogen and oxygen atoms in total. The van der Waals surface area contributed by atoms with Gasteiger partial charge in [0.1, 0.15) is 0 Å². The first-order valence-electron chi connectivity index (χ1n) is 22.1. The van der Waals surface area contributed by atoms with Gasteiger partial charge in [-0.25, -0.2) is 0 Å². The van der Waals surface area contributed by atoms with Crippen molar-refractivity contribution in [2.75, 3.05) is 11.5 Å². The van der Waals surface area contributed by atoms with Crippen LogP contribution in [0.2, 0.25) is 5.82 Å². The molecule has 0 aliphatic heterocycles. The normalized spacial score (nSPS) is 14.0. The van der Waals surface area contributed by atoms with Crippen LogP contribution in [0.5, 0.6) is 0 Å². The summed E-state index contributed by atoms with van der Waals surface area (Å²) >= 11 is 0. The maximum atomic E-state index is 6.88. The van der Waals surface area contributed by atoms with E-state index < -0.39 is 134 Å². The van der Waals surface area contributed by atoms with E-state index in [4.69, 9.17) is 182 Å². The summed E-state index contributed by atoms with van der Waals surface area (Å²) in [6.45, 7) is -0.790. The zero-order valence-electron chi connectivity index (χ0n) is 37.2. The van der Waals surface area contributed by atoms with Gasteiger partial charge < -0.3 is 11.5 Å². The van der Waals surface area contributed by atoms with E-state index in [1.165, 1.54) is 0 Å². The highest BCUT2D eigenvalue weighted by atomic mass is 14.6. The highest BCUT2D eigenvalue weighted by molar-refractivity contribution is 8.30. The Morgan fingerprint density at radius 1 is 0.344 bits per heavy atom. The quantitative estimate of drug-likeness (QED) is 0.0831. The third-order valence-corrected chi connectivity index (χ3v) is 14.1. The van der Waals surface area contributed by atoms with Gasteiger partial charge in [-0.1, -0.05) is 42.9 Å². The summed E-state index contributed by atoms with van der Waals surface area (Å²) < 4.78 is 0. The lowest BCUT2D eigenvalue weighted by Gasteiger charge is -2.56. The average Bonchev–Trinajstić information content (AvgIpc) is 3.14. The van der Waals surface area contributed by atoms with E-state index in [2.05, 4.69) is 24.3 Å². The molecular formula is C19H23B43N2. The van der Waals surface area contributed by atoms with Crippen molar-refractivity contribution in [3.63, 3.8) is 0 Å². The lowest BCUT2D eigenvalue weighted by Crippen LogP contribution is -2.92. The van der Waals surface area contributed by atoms with Crippen molar-refractivity contribution < 1.29 is 0 Å². The smallest absolute Gasteiger partial charge is 0.0491 e. The number of anilines is 2. The molecule has 3 rings (SSSR count). The first kappa shape index (κ1) is 59.1. The van der Waals surface area contributed by atoms with Crippen LogP contribution in [0.1, 0.15) is 48.3 Å². The van der Waals surface area contributed by atoms with Gasteiger partial charge in [0, 0.05) is 316 Å². The van der Waals surface area contributed by atoms with Crippen LogP contribution in [0.15, 0.2) is 42.5 Å². The zero-order valence-corrected chi connectivity index (χ0v) is 37.2. The molecule has 1 aliphatic rings. The molecule has 2 aromatic rings. The van der Waals surface area contributed by atoms with Gasteiger partial charge in [0.2, 0.25) is 0 Å². The molecule has 0 unspecified atom stereocenters. The Morgan fingerprint density at radius 2 is 0.641 bits per heavy atom. The predicted molar refractivity (Wildman–Crippen MR) is 337 cm³/mol. The van der Waals surface area contributed by atoms with Crippen LogP contribution in [0.25, 0.3) is 0 Å². The number of benzene rings is 2.